The zero-order valence-electron chi connectivity index (χ0n) is 11.8. The van der Waals surface area contributed by atoms with Gasteiger partial charge in [-0.05, 0) is 49.6 Å². The number of nitrogens with zero attached hydrogens (tertiary/aromatic N) is 1. The number of aryl methyl sites for hydroxylation is 1. The lowest BCUT2D eigenvalue weighted by Gasteiger charge is -2.21. The fraction of sp³-hybridized carbons (Fsp3) is 0.333. The minimum atomic E-state index is -3.56. The van der Waals surface area contributed by atoms with E-state index in [-0.39, 0.29) is 17.5 Å². The summed E-state index contributed by atoms with van der Waals surface area (Å²) in [5.41, 5.74) is 7.21. The molecule has 1 aliphatic rings. The fourth-order valence-corrected chi connectivity index (χ4v) is 3.93. The molecule has 0 radical (unpaired) electrons. The van der Waals surface area contributed by atoms with Gasteiger partial charge in [0, 0.05) is 11.7 Å². The molecule has 21 heavy (non-hydrogen) atoms. The van der Waals surface area contributed by atoms with Crippen molar-refractivity contribution in [3.8, 4) is 0 Å². The number of nitrogen functional groups attached to an aromatic ring is 1. The molecule has 0 amide bonds. The Bertz CT molecular complexity index is 734. The van der Waals surface area contributed by atoms with E-state index >= 15 is 0 Å². The Kier molecular flexibility index (Phi) is 3.51. The van der Waals surface area contributed by atoms with Gasteiger partial charge >= 0.3 is 0 Å². The summed E-state index contributed by atoms with van der Waals surface area (Å²) in [5, 5.41) is 0. The van der Waals surface area contributed by atoms with Crippen LogP contribution in [0.5, 0.6) is 0 Å². The van der Waals surface area contributed by atoms with Crippen LogP contribution in [0.25, 0.3) is 0 Å². The minimum Gasteiger partial charge on any atom is -0.468 e. The Hall–Kier alpha value is -1.79. The van der Waals surface area contributed by atoms with E-state index < -0.39 is 10.0 Å². The normalized spacial score (nSPS) is 15.5. The first-order chi connectivity index (χ1) is 9.98. The lowest BCUT2D eigenvalue weighted by molar-refractivity contribution is 0.356. The second-order valence-electron chi connectivity index (χ2n) is 5.38. The summed E-state index contributed by atoms with van der Waals surface area (Å²) in [7, 11) is -3.56. The molecule has 1 aromatic heterocycles. The van der Waals surface area contributed by atoms with Crippen LogP contribution < -0.4 is 5.73 Å². The molecule has 1 aromatic carbocycles. The van der Waals surface area contributed by atoms with Gasteiger partial charge in [-0.3, -0.25) is 0 Å². The second-order valence-corrected chi connectivity index (χ2v) is 7.27. The van der Waals surface area contributed by atoms with E-state index in [2.05, 4.69) is 0 Å². The first-order valence-electron chi connectivity index (χ1n) is 6.89. The van der Waals surface area contributed by atoms with Crippen LogP contribution in [0, 0.1) is 6.92 Å². The first kappa shape index (κ1) is 14.2. The van der Waals surface area contributed by atoms with Crippen LogP contribution >= 0.6 is 0 Å². The molecule has 0 bridgehead atoms. The molecule has 0 saturated heterocycles. The van der Waals surface area contributed by atoms with Crippen molar-refractivity contribution in [2.75, 3.05) is 5.73 Å². The van der Waals surface area contributed by atoms with Crippen molar-refractivity contribution in [1.29, 1.82) is 0 Å². The zero-order chi connectivity index (χ0) is 15.0. The highest BCUT2D eigenvalue weighted by Crippen LogP contribution is 2.34. The molecule has 5 nitrogen and oxygen atoms in total. The lowest BCUT2D eigenvalue weighted by Crippen LogP contribution is -2.32. The third kappa shape index (κ3) is 2.82. The summed E-state index contributed by atoms with van der Waals surface area (Å²) in [5.74, 6) is 0.644. The summed E-state index contributed by atoms with van der Waals surface area (Å²) in [6, 6.07) is 8.48. The summed E-state index contributed by atoms with van der Waals surface area (Å²) >= 11 is 0. The molecule has 1 heterocycles. The maximum Gasteiger partial charge on any atom is 0.243 e. The van der Waals surface area contributed by atoms with Crippen molar-refractivity contribution >= 4 is 15.7 Å². The van der Waals surface area contributed by atoms with Crippen LogP contribution in [-0.2, 0) is 16.6 Å². The summed E-state index contributed by atoms with van der Waals surface area (Å²) in [6.07, 6.45) is 3.33. The summed E-state index contributed by atoms with van der Waals surface area (Å²) in [4.78, 5) is 0.240. The predicted molar refractivity (Wildman–Crippen MR) is 80.1 cm³/mol. The Morgan fingerprint density at radius 1 is 1.33 bits per heavy atom. The van der Waals surface area contributed by atoms with E-state index in [0.29, 0.717) is 11.4 Å². The molecule has 1 aliphatic carbocycles. The van der Waals surface area contributed by atoms with E-state index in [9.17, 15) is 8.42 Å². The molecule has 0 spiro atoms. The average molecular weight is 306 g/mol. The van der Waals surface area contributed by atoms with Gasteiger partial charge in [0.1, 0.15) is 5.76 Å². The van der Waals surface area contributed by atoms with Gasteiger partial charge in [-0.2, -0.15) is 4.31 Å². The average Bonchev–Trinajstić information content (AvgIpc) is 3.15. The third-order valence-corrected chi connectivity index (χ3v) is 5.60. The van der Waals surface area contributed by atoms with Crippen LogP contribution in [0.1, 0.15) is 24.2 Å². The second kappa shape index (κ2) is 5.20. The van der Waals surface area contributed by atoms with Crippen LogP contribution in [0.2, 0.25) is 0 Å². The predicted octanol–water partition coefficient (Wildman–Crippen LogP) is 2.52. The molecule has 1 fully saturated rings. The highest BCUT2D eigenvalue weighted by molar-refractivity contribution is 7.89. The molecule has 112 valence electrons. The molecule has 3 rings (SSSR count). The van der Waals surface area contributed by atoms with Crippen molar-refractivity contribution in [2.45, 2.75) is 37.2 Å². The van der Waals surface area contributed by atoms with Gasteiger partial charge in [-0.1, -0.05) is 6.07 Å². The van der Waals surface area contributed by atoms with Crippen LogP contribution in [0.15, 0.2) is 45.9 Å². The van der Waals surface area contributed by atoms with Crippen molar-refractivity contribution in [1.82, 2.24) is 4.31 Å². The fourth-order valence-electron chi connectivity index (χ4n) is 2.24. The minimum absolute atomic E-state index is 0.0580. The van der Waals surface area contributed by atoms with Gasteiger partial charge < -0.3 is 10.2 Å². The van der Waals surface area contributed by atoms with Crippen LogP contribution in [0.4, 0.5) is 5.69 Å². The molecular weight excluding hydrogens is 288 g/mol. The molecule has 0 aliphatic heterocycles. The van der Waals surface area contributed by atoms with Crippen LogP contribution in [0.3, 0.4) is 0 Å². The largest absolute Gasteiger partial charge is 0.468 e. The smallest absolute Gasteiger partial charge is 0.243 e. The van der Waals surface area contributed by atoms with E-state index in [1.54, 1.807) is 30.5 Å². The topological polar surface area (TPSA) is 76.5 Å². The number of anilines is 1. The van der Waals surface area contributed by atoms with Gasteiger partial charge in [0.15, 0.2) is 0 Å². The van der Waals surface area contributed by atoms with Crippen molar-refractivity contribution in [3.63, 3.8) is 0 Å². The van der Waals surface area contributed by atoms with Gasteiger partial charge in [0.05, 0.1) is 17.7 Å². The van der Waals surface area contributed by atoms with Gasteiger partial charge in [-0.15, -0.1) is 0 Å². The number of rotatable bonds is 5. The summed E-state index contributed by atoms with van der Waals surface area (Å²) in [6.45, 7) is 2.11. The first-order valence-corrected chi connectivity index (χ1v) is 8.33. The van der Waals surface area contributed by atoms with Gasteiger partial charge in [-0.25, -0.2) is 8.42 Å². The third-order valence-electron chi connectivity index (χ3n) is 3.70. The highest BCUT2D eigenvalue weighted by Gasteiger charge is 2.38. The molecule has 2 N–H and O–H groups in total. The molecule has 0 unspecified atom stereocenters. The number of hydrogen-bond donors (Lipinski definition) is 1. The molecule has 2 aromatic rings. The number of sulfonamides is 1. The molecule has 1 saturated carbocycles. The van der Waals surface area contributed by atoms with E-state index in [1.807, 2.05) is 6.92 Å². The number of hydrogen-bond acceptors (Lipinski definition) is 4. The Labute approximate surface area is 124 Å². The van der Waals surface area contributed by atoms with E-state index in [1.165, 1.54) is 10.4 Å². The Morgan fingerprint density at radius 2 is 2.10 bits per heavy atom. The SMILES string of the molecule is Cc1ccc(S(=O)(=O)N(Cc2ccco2)C2CC2)cc1N. The quantitative estimate of drug-likeness (QED) is 0.861. The molecular formula is C15H18N2O3S. The summed E-state index contributed by atoms with van der Waals surface area (Å²) < 4.78 is 32.5. The maximum atomic E-state index is 12.8. The van der Waals surface area contributed by atoms with E-state index in [0.717, 1.165) is 18.4 Å². The number of furan rings is 1. The van der Waals surface area contributed by atoms with Gasteiger partial charge in [0.2, 0.25) is 10.0 Å². The monoisotopic (exact) mass is 306 g/mol. The zero-order valence-corrected chi connectivity index (χ0v) is 12.6. The number of nitrogens with two attached hydrogens (primary N) is 1. The van der Waals surface area contributed by atoms with Gasteiger partial charge in [0.25, 0.3) is 0 Å². The highest BCUT2D eigenvalue weighted by atomic mass is 32.2. The van der Waals surface area contributed by atoms with Crippen LogP contribution in [-0.4, -0.2) is 18.8 Å². The Balaban J connectivity index is 1.95. The van der Waals surface area contributed by atoms with Crippen molar-refractivity contribution < 1.29 is 12.8 Å². The van der Waals surface area contributed by atoms with Crippen molar-refractivity contribution in [2.24, 2.45) is 0 Å². The lowest BCUT2D eigenvalue weighted by atomic mass is 10.2. The molecule has 6 heteroatoms. The van der Waals surface area contributed by atoms with Crippen molar-refractivity contribution in [3.05, 3.63) is 47.9 Å². The standard InChI is InChI=1S/C15H18N2O3S/c1-11-4-7-14(9-15(11)16)21(18,19)17(12-5-6-12)10-13-3-2-8-20-13/h2-4,7-9,12H,5-6,10,16H2,1H3. The number of benzene rings is 1. The Morgan fingerprint density at radius 3 is 2.67 bits per heavy atom. The molecule has 0 atom stereocenters. The maximum absolute atomic E-state index is 12.8. The van der Waals surface area contributed by atoms with E-state index in [4.69, 9.17) is 10.2 Å².